The van der Waals surface area contributed by atoms with Gasteiger partial charge >= 0.3 is 12.2 Å². The van der Waals surface area contributed by atoms with E-state index in [1.54, 1.807) is 66.1 Å². The van der Waals surface area contributed by atoms with Gasteiger partial charge in [0.1, 0.15) is 11.5 Å². The smallest absolute Gasteiger partial charge is 0.409 e. The number of rotatable bonds is 47. The number of ketones is 4. The van der Waals surface area contributed by atoms with E-state index in [0.717, 1.165) is 75.4 Å². The normalized spacial score (nSPS) is 13.9. The lowest BCUT2D eigenvalue weighted by molar-refractivity contribution is -0.196. The Morgan fingerprint density at radius 2 is 0.920 bits per heavy atom. The van der Waals surface area contributed by atoms with Crippen LogP contribution in [0.5, 0.6) is 0 Å². The number of Topliss-reactive ketones (excluding diaryl/α,β-unsaturated/α-hetero) is 4. The maximum Gasteiger partial charge on any atom is 0.409 e. The second-order valence-electron chi connectivity index (χ2n) is 38.0. The fourth-order valence-electron chi connectivity index (χ4n) is 16.5. The summed E-state index contributed by atoms with van der Waals surface area (Å²) >= 11 is 0. The summed E-state index contributed by atoms with van der Waals surface area (Å²) in [5.41, 5.74) is 10.1. The highest BCUT2D eigenvalue weighted by molar-refractivity contribution is 7.89. The van der Waals surface area contributed by atoms with Gasteiger partial charge in [0.15, 0.2) is 23.1 Å². The highest BCUT2D eigenvalue weighted by atomic mass is 32.2. The van der Waals surface area contributed by atoms with Crippen molar-refractivity contribution in [2.75, 3.05) is 104 Å². The van der Waals surface area contributed by atoms with Crippen molar-refractivity contribution in [3.05, 3.63) is 212 Å². The number of carbonyl (C=O) groups excluding carboxylic acids is 6. The zero-order chi connectivity index (χ0) is 103. The molecule has 4 aromatic carbocycles. The molecule has 0 spiro atoms. The number of carbonyl (C=O) groups is 7. The van der Waals surface area contributed by atoms with E-state index in [9.17, 15) is 47.1 Å². The van der Waals surface area contributed by atoms with E-state index < -0.39 is 34.0 Å². The van der Waals surface area contributed by atoms with Crippen molar-refractivity contribution in [1.29, 1.82) is 0 Å². The summed E-state index contributed by atoms with van der Waals surface area (Å²) in [6.07, 6.45) is 22.9. The second kappa shape index (κ2) is 57.7. The first kappa shape index (κ1) is 118. The first-order valence-electron chi connectivity index (χ1n) is 48.6. The number of sulfonamides is 1. The number of hydrogen-bond donors (Lipinski definition) is 1. The number of methoxy groups -OCH3 is 3. The Hall–Kier alpha value is -10.8. The number of aliphatic imine (C=N–C) groups is 2. The zero-order valence-corrected chi connectivity index (χ0v) is 88.4. The molecule has 138 heavy (non-hydrogen) atoms. The number of carboxylic acid groups (broad SMARTS) is 1. The summed E-state index contributed by atoms with van der Waals surface area (Å²) in [7, 11) is 12.9. The summed E-state index contributed by atoms with van der Waals surface area (Å²) in [4.78, 5) is 152. The van der Waals surface area contributed by atoms with Crippen LogP contribution in [0, 0.1) is 27.7 Å². The molecule has 3 amide bonds. The van der Waals surface area contributed by atoms with Gasteiger partial charge in [-0.25, -0.2) is 22.3 Å². The maximum atomic E-state index is 15.6. The van der Waals surface area contributed by atoms with Gasteiger partial charge in [-0.3, -0.25) is 43.5 Å². The largest absolute Gasteiger partial charge is 0.465 e. The molecule has 8 rings (SSSR count). The molecule has 30 heteroatoms. The molecule has 2 unspecified atom stereocenters. The first-order valence-corrected chi connectivity index (χ1v) is 50.0. The van der Waals surface area contributed by atoms with Crippen LogP contribution in [0.3, 0.4) is 0 Å². The topological polar surface area (TPSA) is 346 Å². The lowest BCUT2D eigenvalue weighted by atomic mass is 9.72. The van der Waals surface area contributed by atoms with Gasteiger partial charge < -0.3 is 52.8 Å². The fourth-order valence-corrected chi connectivity index (χ4v) is 17.5. The van der Waals surface area contributed by atoms with Gasteiger partial charge in [0.25, 0.3) is 17.0 Å². The highest BCUT2D eigenvalue weighted by Gasteiger charge is 2.42. The van der Waals surface area contributed by atoms with Gasteiger partial charge in [-0.15, -0.1) is 9.48 Å². The van der Waals surface area contributed by atoms with E-state index in [-0.39, 0.29) is 119 Å². The molecule has 0 fully saturated rings. The number of nitrogens with zero attached hydrogens (tertiary/aromatic N) is 8. The van der Waals surface area contributed by atoms with E-state index in [1.807, 2.05) is 52.0 Å². The van der Waals surface area contributed by atoms with Crippen LogP contribution in [-0.4, -0.2) is 199 Å². The van der Waals surface area contributed by atoms with Crippen LogP contribution in [0.4, 0.5) is 9.59 Å². The van der Waals surface area contributed by atoms with Gasteiger partial charge in [0.2, 0.25) is 21.8 Å². The van der Waals surface area contributed by atoms with Gasteiger partial charge in [-0.05, 0) is 134 Å². The number of amides is 3. The summed E-state index contributed by atoms with van der Waals surface area (Å²) in [5, 5.41) is 10.7. The molecular weight excluding hydrogens is 1780 g/mol. The van der Waals surface area contributed by atoms with Crippen molar-refractivity contribution < 1.29 is 89.9 Å². The molecule has 0 aliphatic heterocycles. The van der Waals surface area contributed by atoms with E-state index in [1.165, 1.54) is 179 Å². The molecule has 2 aliphatic rings. The molecule has 6 aromatic rings. The molecule has 0 saturated heterocycles. The van der Waals surface area contributed by atoms with E-state index in [2.05, 4.69) is 94.3 Å². The summed E-state index contributed by atoms with van der Waals surface area (Å²) in [5.74, 6) is -0.656. The Morgan fingerprint density at radius 3 is 1.33 bits per heavy atom. The molecule has 0 bridgehead atoms. The number of allylic oxidation sites excluding steroid dienone is 4. The zero-order valence-electron chi connectivity index (χ0n) is 87.5. The number of ether oxygens (including phenoxy) is 3. The molecular formula is C108H158N8O21S. The van der Waals surface area contributed by atoms with E-state index in [4.69, 9.17) is 38.2 Å². The molecule has 2 atom stereocenters. The molecule has 2 aliphatic carbocycles. The van der Waals surface area contributed by atoms with Crippen LogP contribution < -0.4 is 11.1 Å². The van der Waals surface area contributed by atoms with Crippen LogP contribution in [-0.2, 0) is 87.0 Å². The standard InChI is InChI=1S/C59H92N2O6.C18H26N2O6.C16H20N2O4.C15H20N2O5S/c1-12-14-16-18-20-22-24-26-28-30-40-60-52(67-66-11)42-50-53(44(3)46-32-36-48(37-33-46)58(5,6)7)56(63)51(43-61(57(64)65)41-31-29-27-25-23-21-19-17-15-13-2)54(55(50)62)45(4)47-34-38-49(39-35-47)59(8,9)10;1-7-8-12-13(9-15(19-3)26-25-6)16(21)11(2)14(17(12)22)10-20(4)18(23)24-5;1-10-8-12(15(19)17(3)4)6-7-14(10)18-16(20)13(9-21-5)11(2)22-18;1-10-8-12(23(19,20)16(3)4)6-7-14(10)17-15(18)13(9-21-5)11(2)22-17/h32-39,44-45H,12-31,40-43H2,1-11H3,(H,64,65);7-10H2,1-6H3;6-8H,9H2,1-5H3;6-8H,9H2,1-5H3. The fraction of sp³-hybridized carbons (Fsp3) is 0.565. The van der Waals surface area contributed by atoms with Crippen LogP contribution >= 0.6 is 0 Å². The van der Waals surface area contributed by atoms with Crippen LogP contribution in [0.15, 0.2) is 163 Å². The number of likely N-dealkylation sites (N-methyl/N-ethyl adjacent to an activating group) is 1. The van der Waals surface area contributed by atoms with Crippen LogP contribution in [0.1, 0.15) is 315 Å². The number of aryl methyl sites for hydroxylation is 4. The van der Waals surface area contributed by atoms with Gasteiger partial charge in [-0.2, -0.15) is 9.78 Å². The predicted octanol–water partition coefficient (Wildman–Crippen LogP) is 21.7. The van der Waals surface area contributed by atoms with Crippen LogP contribution in [0.2, 0.25) is 0 Å². The summed E-state index contributed by atoms with van der Waals surface area (Å²) < 4.78 is 53.6. The molecule has 2 aromatic heterocycles. The van der Waals surface area contributed by atoms with Gasteiger partial charge in [-0.1, -0.05) is 247 Å². The van der Waals surface area contributed by atoms with Gasteiger partial charge in [0.05, 0.1) is 87.9 Å². The quantitative estimate of drug-likeness (QED) is 0.00926. The number of unbranched alkanes of at least 4 members (excludes halogenated alkanes) is 18. The average molecular weight is 1940 g/mol. The van der Waals surface area contributed by atoms with Crippen molar-refractivity contribution in [3.8, 4) is 11.4 Å². The van der Waals surface area contributed by atoms with Gasteiger partial charge in [0, 0.05) is 132 Å². The molecule has 1 N–H and O–H groups in total. The van der Waals surface area contributed by atoms with Crippen molar-refractivity contribution >= 4 is 63.0 Å². The van der Waals surface area contributed by atoms with Crippen LogP contribution in [0.25, 0.3) is 11.4 Å². The molecule has 2 heterocycles. The average Bonchev–Trinajstić information content (AvgIpc) is 0.837. The minimum Gasteiger partial charge on any atom is -0.465 e. The third kappa shape index (κ3) is 33.8. The van der Waals surface area contributed by atoms with E-state index in [0.29, 0.717) is 110 Å². The third-order valence-corrected chi connectivity index (χ3v) is 26.7. The summed E-state index contributed by atoms with van der Waals surface area (Å²) in [6, 6.07) is 26.2. The molecule has 0 radical (unpaired) electrons. The lowest BCUT2D eigenvalue weighted by Crippen LogP contribution is -2.38. The highest BCUT2D eigenvalue weighted by Crippen LogP contribution is 2.43. The van der Waals surface area contributed by atoms with Crippen molar-refractivity contribution in [2.45, 2.75) is 306 Å². The Kier molecular flexibility index (Phi) is 49.2. The SMILES string of the molecule is CCCC1=C(CC(=NC)OOC)C(=O)C(C)=C(CN(C)C(=O)OC)C1=O.CCCCCCCCCCCCN=C(CC1=C(C(C)c2ccc(C(C)(C)C)cc2)C(=O)C(CN(CCCCCCCCCCCC)C(=O)O)=C(C(C)c2ccc(C(C)(C)C)cc2)C1=O)OOC.COCc1c(C)on(-c2ccc(C(=O)N(C)C)cc2C)c1=O.COCc1c(C)on(-c2ccc(S(=O)(=O)N(C)C)cc2C)c1=O. The van der Waals surface area contributed by atoms with Crippen molar-refractivity contribution in [3.63, 3.8) is 0 Å². The third-order valence-electron chi connectivity index (χ3n) is 24.9. The number of benzene rings is 4. The lowest BCUT2D eigenvalue weighted by Gasteiger charge is -2.32. The molecule has 762 valence electrons. The Labute approximate surface area is 819 Å². The van der Waals surface area contributed by atoms with Crippen molar-refractivity contribution in [2.24, 2.45) is 9.98 Å². The minimum absolute atomic E-state index is 0.00682. The first-order chi connectivity index (χ1) is 65.3. The Bertz CT molecular complexity index is 5490. The second-order valence-corrected chi connectivity index (χ2v) is 40.1. The Balaban J connectivity index is 0.000000381. The molecule has 29 nitrogen and oxygen atoms in total. The Morgan fingerprint density at radius 1 is 0.493 bits per heavy atom. The molecule has 0 saturated carbocycles. The summed E-state index contributed by atoms with van der Waals surface area (Å²) in [6.45, 7) is 32.9. The minimum atomic E-state index is -3.52. The van der Waals surface area contributed by atoms with Crippen molar-refractivity contribution in [1.82, 2.24) is 28.5 Å². The number of hydrogen-bond acceptors (Lipinski definition) is 22. The maximum absolute atomic E-state index is 15.6. The van der Waals surface area contributed by atoms with E-state index >= 15 is 9.59 Å². The predicted molar refractivity (Wildman–Crippen MR) is 543 cm³/mol. The monoisotopic (exact) mass is 1940 g/mol. The number of aromatic nitrogens is 2.